The van der Waals surface area contributed by atoms with Gasteiger partial charge in [0.2, 0.25) is 0 Å². The molecular weight excluding hydrogens is 341 g/mol. The van der Waals surface area contributed by atoms with Gasteiger partial charge in [-0.15, -0.1) is 0 Å². The molecule has 0 aliphatic rings. The minimum atomic E-state index is -5.04. The lowest BCUT2D eigenvalue weighted by Crippen LogP contribution is -2.15. The zero-order valence-corrected chi connectivity index (χ0v) is 13.1. The second kappa shape index (κ2) is 6.42. The smallest absolute Gasteiger partial charge is 0.423 e. The van der Waals surface area contributed by atoms with Gasteiger partial charge in [0.1, 0.15) is 11.3 Å². The summed E-state index contributed by atoms with van der Waals surface area (Å²) in [6, 6.07) is 5.65. The molecular formula is C16H13F3N2O4. The standard InChI is InChI=1S/C16H13F3N2O4/c1-8-3-9(2)5-10(4-8)20-15(23)11-6-13(21(24)25)12(7-14(11)22)16(17,18)19/h3-7,22H,1-2H3,(H,20,23). The van der Waals surface area contributed by atoms with E-state index in [-0.39, 0.29) is 6.07 Å². The summed E-state index contributed by atoms with van der Waals surface area (Å²) in [7, 11) is 0. The van der Waals surface area contributed by atoms with Gasteiger partial charge in [-0.2, -0.15) is 13.2 Å². The van der Waals surface area contributed by atoms with Crippen LogP contribution in [-0.2, 0) is 6.18 Å². The number of anilines is 1. The highest BCUT2D eigenvalue weighted by Gasteiger charge is 2.40. The van der Waals surface area contributed by atoms with Crippen LogP contribution in [0.2, 0.25) is 0 Å². The molecule has 0 unspecified atom stereocenters. The number of phenols is 1. The van der Waals surface area contributed by atoms with Gasteiger partial charge in [0.05, 0.1) is 10.5 Å². The number of hydrogen-bond donors (Lipinski definition) is 2. The number of halogens is 3. The fourth-order valence-electron chi connectivity index (χ4n) is 2.38. The second-order valence-electron chi connectivity index (χ2n) is 5.47. The van der Waals surface area contributed by atoms with Crippen molar-refractivity contribution in [1.29, 1.82) is 0 Å². The number of alkyl halides is 3. The molecule has 9 heteroatoms. The Morgan fingerprint density at radius 2 is 1.68 bits per heavy atom. The first-order valence-electron chi connectivity index (χ1n) is 6.97. The number of aromatic hydroxyl groups is 1. The lowest BCUT2D eigenvalue weighted by molar-refractivity contribution is -0.388. The Bertz CT molecular complexity index is 843. The van der Waals surface area contributed by atoms with Crippen LogP contribution >= 0.6 is 0 Å². The van der Waals surface area contributed by atoms with Crippen molar-refractivity contribution in [3.63, 3.8) is 0 Å². The minimum absolute atomic E-state index is 0.175. The Balaban J connectivity index is 2.46. The van der Waals surface area contributed by atoms with E-state index in [1.807, 2.05) is 6.07 Å². The Labute approximate surface area is 140 Å². The first-order valence-corrected chi connectivity index (χ1v) is 6.97. The van der Waals surface area contributed by atoms with Crippen molar-refractivity contribution < 1.29 is 28.0 Å². The summed E-state index contributed by atoms with van der Waals surface area (Å²) in [5.41, 5.74) is -1.55. The molecule has 1 amide bonds. The van der Waals surface area contributed by atoms with E-state index < -0.39 is 39.6 Å². The highest BCUT2D eigenvalue weighted by molar-refractivity contribution is 6.06. The quantitative estimate of drug-likeness (QED) is 0.638. The molecule has 0 aliphatic carbocycles. The number of rotatable bonds is 3. The summed E-state index contributed by atoms with van der Waals surface area (Å²) < 4.78 is 38.5. The normalized spacial score (nSPS) is 11.2. The molecule has 2 aromatic carbocycles. The van der Waals surface area contributed by atoms with Crippen LogP contribution < -0.4 is 5.32 Å². The summed E-state index contributed by atoms with van der Waals surface area (Å²) in [6.45, 7) is 3.56. The third-order valence-electron chi connectivity index (χ3n) is 3.34. The molecule has 2 aromatic rings. The molecule has 6 nitrogen and oxygen atoms in total. The van der Waals surface area contributed by atoms with Crippen LogP contribution in [-0.4, -0.2) is 15.9 Å². The highest BCUT2D eigenvalue weighted by Crippen LogP contribution is 2.39. The predicted octanol–water partition coefficient (Wildman–Crippen LogP) is 4.19. The lowest BCUT2D eigenvalue weighted by atomic mass is 10.1. The zero-order valence-electron chi connectivity index (χ0n) is 13.1. The number of carbonyl (C=O) groups is 1. The van der Waals surface area contributed by atoms with Gasteiger partial charge in [0.25, 0.3) is 11.6 Å². The number of phenolic OH excluding ortho intramolecular Hbond substituents is 1. The second-order valence-corrected chi connectivity index (χ2v) is 5.47. The van der Waals surface area contributed by atoms with Gasteiger partial charge in [-0.05, 0) is 43.2 Å². The van der Waals surface area contributed by atoms with Crippen molar-refractivity contribution in [3.05, 3.63) is 62.7 Å². The number of nitrogens with zero attached hydrogens (tertiary/aromatic N) is 1. The molecule has 0 fully saturated rings. The molecule has 0 radical (unpaired) electrons. The minimum Gasteiger partial charge on any atom is -0.507 e. The van der Waals surface area contributed by atoms with E-state index in [9.17, 15) is 33.2 Å². The fraction of sp³-hybridized carbons (Fsp3) is 0.188. The SMILES string of the molecule is Cc1cc(C)cc(NC(=O)c2cc([N+](=O)[O-])c(C(F)(F)F)cc2O)c1. The summed E-state index contributed by atoms with van der Waals surface area (Å²) >= 11 is 0. The van der Waals surface area contributed by atoms with Crippen LogP contribution in [0.1, 0.15) is 27.0 Å². The average Bonchev–Trinajstić information content (AvgIpc) is 2.44. The molecule has 25 heavy (non-hydrogen) atoms. The molecule has 0 aromatic heterocycles. The maximum atomic E-state index is 12.8. The van der Waals surface area contributed by atoms with Crippen molar-refractivity contribution in [1.82, 2.24) is 0 Å². The van der Waals surface area contributed by atoms with E-state index in [0.29, 0.717) is 11.8 Å². The third kappa shape index (κ3) is 4.06. The highest BCUT2D eigenvalue weighted by atomic mass is 19.4. The Kier molecular flexibility index (Phi) is 4.69. The first-order chi connectivity index (χ1) is 11.5. The number of amides is 1. The summed E-state index contributed by atoms with van der Waals surface area (Å²) in [5.74, 6) is -1.96. The van der Waals surface area contributed by atoms with Crippen molar-refractivity contribution >= 4 is 17.3 Å². The maximum absolute atomic E-state index is 12.8. The molecule has 132 valence electrons. The monoisotopic (exact) mass is 354 g/mol. The first kappa shape index (κ1) is 18.2. The van der Waals surface area contributed by atoms with Crippen LogP contribution in [0.5, 0.6) is 5.75 Å². The van der Waals surface area contributed by atoms with Gasteiger partial charge in [-0.1, -0.05) is 6.07 Å². The summed E-state index contributed by atoms with van der Waals surface area (Å²) in [6.07, 6.45) is -5.04. The van der Waals surface area contributed by atoms with Crippen molar-refractivity contribution in [2.24, 2.45) is 0 Å². The van der Waals surface area contributed by atoms with Crippen molar-refractivity contribution in [2.45, 2.75) is 20.0 Å². The van der Waals surface area contributed by atoms with E-state index in [4.69, 9.17) is 0 Å². The van der Waals surface area contributed by atoms with E-state index in [0.717, 1.165) is 11.1 Å². The van der Waals surface area contributed by atoms with Gasteiger partial charge in [0.15, 0.2) is 0 Å². The number of benzene rings is 2. The lowest BCUT2D eigenvalue weighted by Gasteiger charge is -2.12. The average molecular weight is 354 g/mol. The van der Waals surface area contributed by atoms with Crippen LogP contribution in [0, 0.1) is 24.0 Å². The van der Waals surface area contributed by atoms with Crippen LogP contribution in [0.15, 0.2) is 30.3 Å². The van der Waals surface area contributed by atoms with Gasteiger partial charge >= 0.3 is 6.18 Å². The maximum Gasteiger partial charge on any atom is 0.423 e. The van der Waals surface area contributed by atoms with Crippen molar-refractivity contribution in [2.75, 3.05) is 5.32 Å². The topological polar surface area (TPSA) is 92.5 Å². The van der Waals surface area contributed by atoms with E-state index in [2.05, 4.69) is 5.32 Å². The van der Waals surface area contributed by atoms with Crippen LogP contribution in [0.4, 0.5) is 24.5 Å². The zero-order chi connectivity index (χ0) is 18.9. The molecule has 2 N–H and O–H groups in total. The molecule has 0 bridgehead atoms. The number of hydrogen-bond acceptors (Lipinski definition) is 4. The number of aryl methyl sites for hydroxylation is 2. The molecule has 0 atom stereocenters. The number of nitro benzene ring substituents is 1. The summed E-state index contributed by atoms with van der Waals surface area (Å²) in [5, 5.41) is 23.0. The van der Waals surface area contributed by atoms with Gasteiger partial charge in [-0.25, -0.2) is 0 Å². The largest absolute Gasteiger partial charge is 0.507 e. The Morgan fingerprint density at radius 1 is 1.12 bits per heavy atom. The van der Waals surface area contributed by atoms with E-state index in [1.165, 1.54) is 0 Å². The van der Waals surface area contributed by atoms with E-state index in [1.54, 1.807) is 26.0 Å². The van der Waals surface area contributed by atoms with Crippen LogP contribution in [0.3, 0.4) is 0 Å². The molecule has 0 heterocycles. The molecule has 0 saturated carbocycles. The molecule has 0 spiro atoms. The van der Waals surface area contributed by atoms with E-state index >= 15 is 0 Å². The third-order valence-corrected chi connectivity index (χ3v) is 3.34. The molecule has 0 aliphatic heterocycles. The number of carbonyl (C=O) groups excluding carboxylic acids is 1. The summed E-state index contributed by atoms with van der Waals surface area (Å²) in [4.78, 5) is 21.9. The van der Waals surface area contributed by atoms with Gasteiger partial charge in [-0.3, -0.25) is 14.9 Å². The number of nitrogens with one attached hydrogen (secondary N) is 1. The van der Waals surface area contributed by atoms with Crippen LogP contribution in [0.25, 0.3) is 0 Å². The molecule has 0 saturated heterocycles. The fourth-order valence-corrected chi connectivity index (χ4v) is 2.38. The molecule has 2 rings (SSSR count). The number of nitro groups is 1. The Morgan fingerprint density at radius 3 is 2.16 bits per heavy atom. The van der Waals surface area contributed by atoms with Gasteiger partial charge in [0, 0.05) is 11.8 Å². The van der Waals surface area contributed by atoms with Crippen molar-refractivity contribution in [3.8, 4) is 5.75 Å². The Hall–Kier alpha value is -3.10. The predicted molar refractivity (Wildman–Crippen MR) is 83.6 cm³/mol. The van der Waals surface area contributed by atoms with Gasteiger partial charge < -0.3 is 10.4 Å².